The molecule has 1 aromatic carbocycles. The molecular weight excluding hydrogens is 420 g/mol. The van der Waals surface area contributed by atoms with Gasteiger partial charge in [-0.1, -0.05) is 19.9 Å². The molecule has 0 spiro atoms. The van der Waals surface area contributed by atoms with Crippen LogP contribution in [0.2, 0.25) is 0 Å². The maximum absolute atomic E-state index is 13.6. The van der Waals surface area contributed by atoms with Gasteiger partial charge in [0.15, 0.2) is 11.5 Å². The van der Waals surface area contributed by atoms with Gasteiger partial charge < -0.3 is 19.7 Å². The summed E-state index contributed by atoms with van der Waals surface area (Å²) in [4.78, 5) is 29.4. The normalized spacial score (nSPS) is 19.6. The standard InChI is InChI=1S/C22H28N2O4S2/c1-13(2)14(3)23-20(25)16-12-30-22(19-7-6-10-29-19)24(16)21(26)15-8-9-17(27-4)18(11-15)28-5/h6-11,13-14,16,22H,12H2,1-5H3,(H,23,25). The summed E-state index contributed by atoms with van der Waals surface area (Å²) in [5, 5.41) is 4.87. The molecule has 6 nitrogen and oxygen atoms in total. The zero-order chi connectivity index (χ0) is 21.8. The number of ether oxygens (including phenoxy) is 2. The van der Waals surface area contributed by atoms with Gasteiger partial charge in [0.1, 0.15) is 11.4 Å². The number of amides is 2. The van der Waals surface area contributed by atoms with Crippen molar-refractivity contribution in [3.05, 3.63) is 46.2 Å². The number of hydrogen-bond acceptors (Lipinski definition) is 6. The highest BCUT2D eigenvalue weighted by Gasteiger charge is 2.43. The lowest BCUT2D eigenvalue weighted by Crippen LogP contribution is -2.50. The Morgan fingerprint density at radius 2 is 1.87 bits per heavy atom. The van der Waals surface area contributed by atoms with Crippen molar-refractivity contribution < 1.29 is 19.1 Å². The van der Waals surface area contributed by atoms with Crippen LogP contribution < -0.4 is 14.8 Å². The maximum atomic E-state index is 13.6. The lowest BCUT2D eigenvalue weighted by molar-refractivity contribution is -0.125. The fraction of sp³-hybridized carbons (Fsp3) is 0.455. The quantitative estimate of drug-likeness (QED) is 0.688. The number of methoxy groups -OCH3 is 2. The Morgan fingerprint density at radius 1 is 1.13 bits per heavy atom. The Bertz CT molecular complexity index is 885. The largest absolute Gasteiger partial charge is 0.493 e. The highest BCUT2D eigenvalue weighted by atomic mass is 32.2. The minimum absolute atomic E-state index is 0.0290. The van der Waals surface area contributed by atoms with Crippen molar-refractivity contribution in [2.75, 3.05) is 20.0 Å². The van der Waals surface area contributed by atoms with Gasteiger partial charge in [-0.2, -0.15) is 0 Å². The topological polar surface area (TPSA) is 67.9 Å². The molecule has 1 fully saturated rings. The molecule has 1 N–H and O–H groups in total. The fourth-order valence-corrected chi connectivity index (χ4v) is 5.61. The van der Waals surface area contributed by atoms with Crippen molar-refractivity contribution in [1.82, 2.24) is 10.2 Å². The van der Waals surface area contributed by atoms with Crippen molar-refractivity contribution in [2.45, 2.75) is 38.2 Å². The van der Waals surface area contributed by atoms with Crippen LogP contribution in [-0.2, 0) is 4.79 Å². The number of carbonyl (C=O) groups excluding carboxylic acids is 2. The average molecular weight is 449 g/mol. The van der Waals surface area contributed by atoms with Gasteiger partial charge in [0, 0.05) is 22.2 Å². The van der Waals surface area contributed by atoms with E-state index in [1.54, 1.807) is 53.3 Å². The second-order valence-corrected chi connectivity index (χ2v) is 9.63. The van der Waals surface area contributed by atoms with E-state index in [0.29, 0.717) is 28.7 Å². The Labute approximate surface area is 185 Å². The first-order valence-corrected chi connectivity index (χ1v) is 11.8. The molecule has 0 aliphatic carbocycles. The van der Waals surface area contributed by atoms with Crippen LogP contribution in [0.3, 0.4) is 0 Å². The molecule has 1 aliphatic heterocycles. The van der Waals surface area contributed by atoms with Gasteiger partial charge in [0.2, 0.25) is 5.91 Å². The van der Waals surface area contributed by atoms with E-state index in [-0.39, 0.29) is 23.2 Å². The van der Waals surface area contributed by atoms with Gasteiger partial charge >= 0.3 is 0 Å². The van der Waals surface area contributed by atoms with Crippen LogP contribution in [0.15, 0.2) is 35.7 Å². The van der Waals surface area contributed by atoms with E-state index in [2.05, 4.69) is 19.2 Å². The third-order valence-electron chi connectivity index (χ3n) is 5.32. The third kappa shape index (κ3) is 4.59. The summed E-state index contributed by atoms with van der Waals surface area (Å²) in [5.41, 5.74) is 0.464. The number of rotatable bonds is 7. The number of carbonyl (C=O) groups is 2. The van der Waals surface area contributed by atoms with Crippen LogP contribution in [-0.4, -0.2) is 48.8 Å². The zero-order valence-corrected chi connectivity index (χ0v) is 19.5. The first kappa shape index (κ1) is 22.5. The number of benzene rings is 1. The van der Waals surface area contributed by atoms with Gasteiger partial charge in [0.05, 0.1) is 14.2 Å². The summed E-state index contributed by atoms with van der Waals surface area (Å²) in [6, 6.07) is 8.56. The van der Waals surface area contributed by atoms with E-state index in [1.807, 2.05) is 24.4 Å². The molecule has 2 aromatic rings. The number of nitrogens with one attached hydrogen (secondary N) is 1. The van der Waals surface area contributed by atoms with E-state index < -0.39 is 6.04 Å². The molecule has 2 amide bonds. The van der Waals surface area contributed by atoms with Crippen molar-refractivity contribution in [2.24, 2.45) is 5.92 Å². The van der Waals surface area contributed by atoms with Gasteiger partial charge in [-0.25, -0.2) is 0 Å². The van der Waals surface area contributed by atoms with E-state index >= 15 is 0 Å². The molecule has 0 radical (unpaired) electrons. The lowest BCUT2D eigenvalue weighted by Gasteiger charge is -2.30. The number of hydrogen-bond donors (Lipinski definition) is 1. The predicted octanol–water partition coefficient (Wildman–Crippen LogP) is 4.18. The molecule has 0 saturated carbocycles. The van der Waals surface area contributed by atoms with E-state index in [1.165, 1.54) is 7.11 Å². The van der Waals surface area contributed by atoms with Crippen molar-refractivity contribution in [1.29, 1.82) is 0 Å². The molecule has 162 valence electrons. The lowest BCUT2D eigenvalue weighted by atomic mass is 10.1. The maximum Gasteiger partial charge on any atom is 0.255 e. The highest BCUT2D eigenvalue weighted by Crippen LogP contribution is 2.44. The highest BCUT2D eigenvalue weighted by molar-refractivity contribution is 7.99. The van der Waals surface area contributed by atoms with E-state index in [0.717, 1.165) is 4.88 Å². The van der Waals surface area contributed by atoms with Crippen LogP contribution in [0.25, 0.3) is 0 Å². The number of nitrogens with zero attached hydrogens (tertiary/aromatic N) is 1. The summed E-state index contributed by atoms with van der Waals surface area (Å²) in [6.45, 7) is 6.12. The Balaban J connectivity index is 1.94. The van der Waals surface area contributed by atoms with Crippen molar-refractivity contribution >= 4 is 34.9 Å². The molecule has 3 atom stereocenters. The molecule has 1 aromatic heterocycles. The number of thiophene rings is 1. The van der Waals surface area contributed by atoms with Crippen LogP contribution in [0.4, 0.5) is 0 Å². The van der Waals surface area contributed by atoms with Gasteiger partial charge in [0.25, 0.3) is 5.91 Å². The smallest absolute Gasteiger partial charge is 0.255 e. The monoisotopic (exact) mass is 448 g/mol. The Hall–Kier alpha value is -2.19. The molecular formula is C22H28N2O4S2. The molecule has 3 unspecified atom stereocenters. The summed E-state index contributed by atoms with van der Waals surface area (Å²) >= 11 is 3.21. The van der Waals surface area contributed by atoms with Crippen LogP contribution >= 0.6 is 23.1 Å². The predicted molar refractivity (Wildman–Crippen MR) is 121 cm³/mol. The SMILES string of the molecule is COc1ccc(C(=O)N2C(C(=O)NC(C)C(C)C)CSC2c2cccs2)cc1OC. The summed E-state index contributed by atoms with van der Waals surface area (Å²) in [5.74, 6) is 1.59. The third-order valence-corrected chi connectivity index (χ3v) is 7.70. The second kappa shape index (κ2) is 9.75. The molecule has 8 heteroatoms. The van der Waals surface area contributed by atoms with Gasteiger partial charge in [-0.05, 0) is 42.5 Å². The van der Waals surface area contributed by atoms with E-state index in [4.69, 9.17) is 9.47 Å². The molecule has 3 rings (SSSR count). The Kier molecular flexibility index (Phi) is 7.31. The fourth-order valence-electron chi connectivity index (χ4n) is 3.21. The summed E-state index contributed by atoms with van der Waals surface area (Å²) < 4.78 is 10.6. The van der Waals surface area contributed by atoms with Crippen molar-refractivity contribution in [3.8, 4) is 11.5 Å². The summed E-state index contributed by atoms with van der Waals surface area (Å²) in [7, 11) is 3.09. The Morgan fingerprint density at radius 3 is 2.47 bits per heavy atom. The zero-order valence-electron chi connectivity index (χ0n) is 17.9. The number of thioether (sulfide) groups is 1. The van der Waals surface area contributed by atoms with E-state index in [9.17, 15) is 9.59 Å². The molecule has 0 bridgehead atoms. The van der Waals surface area contributed by atoms with Crippen LogP contribution in [0.1, 0.15) is 41.4 Å². The first-order valence-electron chi connectivity index (χ1n) is 9.87. The van der Waals surface area contributed by atoms with Gasteiger partial charge in [-0.3, -0.25) is 9.59 Å². The van der Waals surface area contributed by atoms with Crippen LogP contribution in [0, 0.1) is 5.92 Å². The minimum atomic E-state index is -0.538. The molecule has 2 heterocycles. The average Bonchev–Trinajstić information content (AvgIpc) is 3.41. The molecule has 30 heavy (non-hydrogen) atoms. The van der Waals surface area contributed by atoms with Crippen LogP contribution in [0.5, 0.6) is 11.5 Å². The minimum Gasteiger partial charge on any atom is -0.493 e. The molecule has 1 saturated heterocycles. The summed E-state index contributed by atoms with van der Waals surface area (Å²) in [6.07, 6.45) is 0. The van der Waals surface area contributed by atoms with Crippen molar-refractivity contribution in [3.63, 3.8) is 0 Å². The second-order valence-electron chi connectivity index (χ2n) is 7.54. The first-order chi connectivity index (χ1) is 14.4. The van der Waals surface area contributed by atoms with Gasteiger partial charge in [-0.15, -0.1) is 23.1 Å². The molecule has 1 aliphatic rings.